The molecule has 0 saturated heterocycles. The Morgan fingerprint density at radius 3 is 1.35 bits per heavy atom. The van der Waals surface area contributed by atoms with Crippen molar-refractivity contribution in [3.63, 3.8) is 0 Å². The zero-order chi connectivity index (χ0) is 17.5. The lowest BCUT2D eigenvalue weighted by Gasteiger charge is -2.33. The normalized spacial score (nSPS) is 13.2. The summed E-state index contributed by atoms with van der Waals surface area (Å²) in [5, 5.41) is 0. The minimum atomic E-state index is -0.975. The van der Waals surface area contributed by atoms with E-state index in [1.807, 2.05) is 12.4 Å². The van der Waals surface area contributed by atoms with Crippen molar-refractivity contribution in [3.05, 3.63) is 47.8 Å². The number of rotatable bonds is 2. The lowest BCUT2D eigenvalue weighted by molar-refractivity contribution is 0.590. The lowest BCUT2D eigenvalue weighted by Crippen LogP contribution is -2.56. The number of hydrogen-bond acceptors (Lipinski definition) is 2. The summed E-state index contributed by atoms with van der Waals surface area (Å²) in [4.78, 5) is 9.36. The standard InChI is InChI=1S/C20H30BN2/c1-19(2,3)15-9-11-22-17(13-15)21(7,8)18-14-16(10-12-23-18)20(4,5)6/h9-14H,1-8H3/q-1. The Morgan fingerprint density at radius 1 is 0.696 bits per heavy atom. The first-order valence-corrected chi connectivity index (χ1v) is 8.59. The summed E-state index contributed by atoms with van der Waals surface area (Å²) in [7, 11) is 0. The second-order valence-corrected chi connectivity index (χ2v) is 9.32. The Balaban J connectivity index is 2.51. The molecule has 0 radical (unpaired) electrons. The first-order chi connectivity index (χ1) is 10.4. The summed E-state index contributed by atoms with van der Waals surface area (Å²) in [5.41, 5.74) is 5.18. The molecule has 2 aromatic rings. The van der Waals surface area contributed by atoms with E-state index in [-0.39, 0.29) is 10.8 Å². The fraction of sp³-hybridized carbons (Fsp3) is 0.500. The van der Waals surface area contributed by atoms with Gasteiger partial charge >= 0.3 is 0 Å². The second-order valence-electron chi connectivity index (χ2n) is 9.32. The van der Waals surface area contributed by atoms with Crippen LogP contribution < -0.4 is 11.2 Å². The second kappa shape index (κ2) is 5.77. The van der Waals surface area contributed by atoms with Gasteiger partial charge in [0.25, 0.3) is 0 Å². The van der Waals surface area contributed by atoms with Gasteiger partial charge in [-0.25, -0.2) is 0 Å². The number of pyridine rings is 2. The van der Waals surface area contributed by atoms with Crippen molar-refractivity contribution in [2.45, 2.75) is 66.0 Å². The van der Waals surface area contributed by atoms with Gasteiger partial charge in [0.2, 0.25) is 0 Å². The van der Waals surface area contributed by atoms with Crippen LogP contribution in [0.3, 0.4) is 0 Å². The fourth-order valence-electron chi connectivity index (χ4n) is 2.77. The van der Waals surface area contributed by atoms with Gasteiger partial charge in [-0.05, 0) is 34.1 Å². The van der Waals surface area contributed by atoms with E-state index in [9.17, 15) is 0 Å². The summed E-state index contributed by atoms with van der Waals surface area (Å²) in [6.07, 6.45) is 2.90. The molecule has 0 spiro atoms. The predicted molar refractivity (Wildman–Crippen MR) is 103 cm³/mol. The van der Waals surface area contributed by atoms with Gasteiger partial charge in [-0.2, -0.15) is 13.6 Å². The topological polar surface area (TPSA) is 25.8 Å². The number of aromatic nitrogens is 2. The zero-order valence-corrected chi connectivity index (χ0v) is 15.9. The van der Waals surface area contributed by atoms with Crippen molar-refractivity contribution < 1.29 is 0 Å². The zero-order valence-electron chi connectivity index (χ0n) is 15.9. The van der Waals surface area contributed by atoms with Gasteiger partial charge in [0, 0.05) is 12.4 Å². The van der Waals surface area contributed by atoms with E-state index in [1.54, 1.807) is 0 Å². The molecule has 0 saturated carbocycles. The molecule has 0 N–H and O–H groups in total. The van der Waals surface area contributed by atoms with E-state index in [2.05, 4.69) is 89.4 Å². The third kappa shape index (κ3) is 3.83. The minimum absolute atomic E-state index is 0.130. The van der Waals surface area contributed by atoms with Gasteiger partial charge in [-0.15, -0.1) is 11.2 Å². The van der Waals surface area contributed by atoms with Crippen LogP contribution in [0.15, 0.2) is 36.7 Å². The Kier molecular flexibility index (Phi) is 4.45. The third-order valence-electron chi connectivity index (χ3n) is 4.77. The van der Waals surface area contributed by atoms with E-state index in [0.29, 0.717) is 0 Å². The van der Waals surface area contributed by atoms with Crippen molar-refractivity contribution in [3.8, 4) is 0 Å². The van der Waals surface area contributed by atoms with Crippen LogP contribution in [0.5, 0.6) is 0 Å². The highest BCUT2D eigenvalue weighted by molar-refractivity contribution is 6.99. The van der Waals surface area contributed by atoms with Crippen LogP contribution in [0, 0.1) is 0 Å². The van der Waals surface area contributed by atoms with Crippen LogP contribution >= 0.6 is 0 Å². The van der Waals surface area contributed by atoms with Crippen LogP contribution in [0.25, 0.3) is 0 Å². The third-order valence-corrected chi connectivity index (χ3v) is 4.77. The Bertz CT molecular complexity index is 632. The molecule has 2 nitrogen and oxygen atoms in total. The van der Waals surface area contributed by atoms with E-state index < -0.39 is 6.15 Å². The molecule has 0 aromatic carbocycles. The SMILES string of the molecule is C[B-](C)(c1cc(C(C)(C)C)ccn1)c1cc(C(C)(C)C)ccn1. The molecule has 0 fully saturated rings. The van der Waals surface area contributed by atoms with Gasteiger partial charge < -0.3 is 9.97 Å². The predicted octanol–water partition coefficient (Wildman–Crippen LogP) is 3.89. The van der Waals surface area contributed by atoms with E-state index >= 15 is 0 Å². The molecule has 0 aliphatic rings. The first kappa shape index (κ1) is 17.7. The molecule has 3 heteroatoms. The molecule has 2 rings (SSSR count). The maximum Gasteiger partial charge on any atom is 0.0921 e. The molecular weight excluding hydrogens is 279 g/mol. The lowest BCUT2D eigenvalue weighted by atomic mass is 9.24. The smallest absolute Gasteiger partial charge is 0.0921 e. The van der Waals surface area contributed by atoms with Gasteiger partial charge in [-0.1, -0.05) is 53.7 Å². The van der Waals surface area contributed by atoms with Crippen LogP contribution in [-0.2, 0) is 10.8 Å². The summed E-state index contributed by atoms with van der Waals surface area (Å²) in [6.45, 7) is 18.0. The molecule has 0 amide bonds. The van der Waals surface area contributed by atoms with Crippen LogP contribution in [0.1, 0.15) is 52.7 Å². The summed E-state index contributed by atoms with van der Waals surface area (Å²) in [6, 6.07) is 8.75. The number of hydrogen-bond donors (Lipinski definition) is 0. The molecule has 0 bridgehead atoms. The first-order valence-electron chi connectivity index (χ1n) is 8.59. The van der Waals surface area contributed by atoms with Crippen molar-refractivity contribution in [2.75, 3.05) is 0 Å². The van der Waals surface area contributed by atoms with Crippen molar-refractivity contribution in [1.82, 2.24) is 9.97 Å². The maximum absolute atomic E-state index is 4.68. The van der Waals surface area contributed by atoms with Crippen molar-refractivity contribution in [2.24, 2.45) is 0 Å². The van der Waals surface area contributed by atoms with E-state index in [4.69, 9.17) is 0 Å². The molecule has 2 heterocycles. The Morgan fingerprint density at radius 2 is 1.04 bits per heavy atom. The Hall–Kier alpha value is -1.64. The molecule has 0 aliphatic heterocycles. The van der Waals surface area contributed by atoms with Gasteiger partial charge in [-0.3, -0.25) is 0 Å². The average molecular weight is 309 g/mol. The minimum Gasteiger partial charge on any atom is -0.303 e. The van der Waals surface area contributed by atoms with Crippen molar-refractivity contribution >= 4 is 17.3 Å². The Labute approximate surface area is 141 Å². The average Bonchev–Trinajstić information content (AvgIpc) is 2.46. The number of nitrogens with zero attached hydrogens (tertiary/aromatic N) is 2. The van der Waals surface area contributed by atoms with Crippen LogP contribution in [-0.4, -0.2) is 16.1 Å². The van der Waals surface area contributed by atoms with Gasteiger partial charge in [0.05, 0.1) is 6.15 Å². The van der Waals surface area contributed by atoms with Crippen LogP contribution in [0.4, 0.5) is 0 Å². The van der Waals surface area contributed by atoms with Gasteiger partial charge in [0.1, 0.15) is 0 Å². The highest BCUT2D eigenvalue weighted by Gasteiger charge is 2.24. The quantitative estimate of drug-likeness (QED) is 0.786. The monoisotopic (exact) mass is 309 g/mol. The fourth-order valence-corrected chi connectivity index (χ4v) is 2.77. The molecule has 0 atom stereocenters. The molecular formula is C20H30BN2-. The van der Waals surface area contributed by atoms with Crippen LogP contribution in [0.2, 0.25) is 13.6 Å². The summed E-state index contributed by atoms with van der Waals surface area (Å²) < 4.78 is 0. The molecule has 124 valence electrons. The molecule has 23 heavy (non-hydrogen) atoms. The highest BCUT2D eigenvalue weighted by Crippen LogP contribution is 2.22. The summed E-state index contributed by atoms with van der Waals surface area (Å²) in [5.74, 6) is 0. The van der Waals surface area contributed by atoms with Crippen molar-refractivity contribution in [1.29, 1.82) is 0 Å². The largest absolute Gasteiger partial charge is 0.303 e. The highest BCUT2D eigenvalue weighted by atomic mass is 14.7. The molecule has 0 unspecified atom stereocenters. The van der Waals surface area contributed by atoms with E-state index in [0.717, 1.165) is 11.2 Å². The molecule has 2 aromatic heterocycles. The maximum atomic E-state index is 4.68. The summed E-state index contributed by atoms with van der Waals surface area (Å²) >= 11 is 0. The van der Waals surface area contributed by atoms with Gasteiger partial charge in [0.15, 0.2) is 0 Å². The molecule has 0 aliphatic carbocycles. The van der Waals surface area contributed by atoms with E-state index in [1.165, 1.54) is 11.1 Å².